The summed E-state index contributed by atoms with van der Waals surface area (Å²) in [5.74, 6) is -0.531. The lowest BCUT2D eigenvalue weighted by Crippen LogP contribution is -2.38. The van der Waals surface area contributed by atoms with Crippen LogP contribution in [0, 0.1) is 0 Å². The van der Waals surface area contributed by atoms with Gasteiger partial charge in [0.1, 0.15) is 0 Å². The number of carbonyl (C=O) groups excluding carboxylic acids is 2. The molecule has 9 heteroatoms. The van der Waals surface area contributed by atoms with E-state index in [2.05, 4.69) is 90.9 Å². The summed E-state index contributed by atoms with van der Waals surface area (Å²) in [7, 11) is 2.15. The van der Waals surface area contributed by atoms with Crippen LogP contribution in [-0.2, 0) is 32.2 Å². The number of fused-ring (bicyclic) bond motifs is 1. The van der Waals surface area contributed by atoms with E-state index in [0.717, 1.165) is 33.4 Å². The summed E-state index contributed by atoms with van der Waals surface area (Å²) in [5.41, 5.74) is 8.69. The molecule has 0 aliphatic carbocycles. The average molecular weight is 716 g/mol. The van der Waals surface area contributed by atoms with Crippen LogP contribution in [0.3, 0.4) is 0 Å². The van der Waals surface area contributed by atoms with Crippen molar-refractivity contribution >= 4 is 22.6 Å². The van der Waals surface area contributed by atoms with E-state index in [0.29, 0.717) is 38.8 Å². The van der Waals surface area contributed by atoms with Crippen molar-refractivity contribution in [2.24, 2.45) is 0 Å². The molecule has 276 valence electrons. The lowest BCUT2D eigenvalue weighted by Gasteiger charge is -2.39. The fourth-order valence-electron chi connectivity index (χ4n) is 6.88. The number of ether oxygens (including phenoxy) is 2. The second-order valence-electron chi connectivity index (χ2n) is 13.9. The second kappa shape index (κ2) is 18.2. The van der Waals surface area contributed by atoms with Gasteiger partial charge in [-0.25, -0.2) is 5.48 Å². The number of aliphatic hydroxyl groups excluding tert-OH is 1. The van der Waals surface area contributed by atoms with Crippen molar-refractivity contribution in [2.45, 2.75) is 76.7 Å². The predicted octanol–water partition coefficient (Wildman–Crippen LogP) is 7.92. The number of amides is 2. The molecule has 0 bridgehead atoms. The third kappa shape index (κ3) is 10.2. The third-order valence-electron chi connectivity index (χ3n) is 10.1. The highest BCUT2D eigenvalue weighted by atomic mass is 16.7. The molecule has 5 aromatic rings. The van der Waals surface area contributed by atoms with Crippen molar-refractivity contribution in [1.82, 2.24) is 15.7 Å². The zero-order chi connectivity index (χ0) is 37.2. The summed E-state index contributed by atoms with van der Waals surface area (Å²) in [6.07, 6.45) is 1.38. The molecule has 1 saturated heterocycles. The molecule has 4 N–H and O–H groups in total. The van der Waals surface area contributed by atoms with E-state index in [4.69, 9.17) is 14.7 Å². The minimum Gasteiger partial charge on any atom is -0.392 e. The van der Waals surface area contributed by atoms with Crippen LogP contribution in [0.1, 0.15) is 85.3 Å². The number of aliphatic hydroxyl groups is 1. The van der Waals surface area contributed by atoms with Crippen LogP contribution in [0.15, 0.2) is 115 Å². The van der Waals surface area contributed by atoms with Gasteiger partial charge in [-0.2, -0.15) is 0 Å². The molecule has 6 rings (SSSR count). The molecular formula is C44H49N3O6. The van der Waals surface area contributed by atoms with Gasteiger partial charge in [-0.3, -0.25) is 19.7 Å². The second-order valence-corrected chi connectivity index (χ2v) is 13.9. The van der Waals surface area contributed by atoms with Gasteiger partial charge in [-0.05, 0) is 89.2 Å². The molecule has 53 heavy (non-hydrogen) atoms. The Bertz CT molecular complexity index is 1980. The van der Waals surface area contributed by atoms with E-state index < -0.39 is 12.2 Å². The van der Waals surface area contributed by atoms with Crippen LogP contribution >= 0.6 is 0 Å². The molecule has 0 radical (unpaired) electrons. The highest BCUT2D eigenvalue weighted by Gasteiger charge is 2.33. The van der Waals surface area contributed by atoms with Crippen LogP contribution in [0.25, 0.3) is 21.9 Å². The highest BCUT2D eigenvalue weighted by molar-refractivity contribution is 5.83. The Morgan fingerprint density at radius 1 is 0.774 bits per heavy atom. The van der Waals surface area contributed by atoms with Crippen LogP contribution in [-0.4, -0.2) is 46.7 Å². The molecule has 4 atom stereocenters. The first-order chi connectivity index (χ1) is 25.8. The quantitative estimate of drug-likeness (QED) is 0.0494. The number of likely N-dealkylation sites (N-methyl/N-ethyl adjacent to an activating group) is 1. The number of hydrogen-bond donors (Lipinski definition) is 4. The van der Waals surface area contributed by atoms with Crippen molar-refractivity contribution in [1.29, 1.82) is 0 Å². The summed E-state index contributed by atoms with van der Waals surface area (Å²) in [5, 5.41) is 23.7. The maximum atomic E-state index is 12.4. The van der Waals surface area contributed by atoms with Gasteiger partial charge >= 0.3 is 0 Å². The van der Waals surface area contributed by atoms with Crippen LogP contribution in [0.4, 0.5) is 0 Å². The van der Waals surface area contributed by atoms with E-state index in [9.17, 15) is 14.7 Å². The largest absolute Gasteiger partial charge is 0.392 e. The van der Waals surface area contributed by atoms with E-state index in [1.165, 1.54) is 16.3 Å². The number of nitrogens with zero attached hydrogens (tertiary/aromatic N) is 1. The van der Waals surface area contributed by atoms with E-state index in [1.807, 2.05) is 48.5 Å². The Labute approximate surface area is 311 Å². The van der Waals surface area contributed by atoms with Gasteiger partial charge in [0.2, 0.25) is 11.8 Å². The summed E-state index contributed by atoms with van der Waals surface area (Å²) in [6, 6.07) is 39.6. The smallest absolute Gasteiger partial charge is 0.243 e. The van der Waals surface area contributed by atoms with E-state index in [1.54, 1.807) is 5.48 Å². The Morgan fingerprint density at radius 3 is 2.25 bits per heavy atom. The molecule has 0 aromatic heterocycles. The lowest BCUT2D eigenvalue weighted by molar-refractivity contribution is -0.253. The summed E-state index contributed by atoms with van der Waals surface area (Å²) < 4.78 is 13.4. The lowest BCUT2D eigenvalue weighted by atomic mass is 9.97. The fraction of sp³-hybridized carbons (Fsp3) is 0.318. The van der Waals surface area contributed by atoms with Crippen LogP contribution < -0.4 is 10.8 Å². The zero-order valence-electron chi connectivity index (χ0n) is 30.4. The van der Waals surface area contributed by atoms with E-state index >= 15 is 0 Å². The molecular weight excluding hydrogens is 666 g/mol. The SMILES string of the molecule is C[C@H](c1ccc2ccccc2c1)N(C)C[C@H]1C[C@@H](c2ccc(CO)cc2)O[C@@H](c2cccc(-c3cccc(CNC(=O)CCCCC(=O)NO)c3)c2)O1. The number of unbranched alkanes of at least 4 members (excludes halogenated alkanes) is 1. The van der Waals surface area contributed by atoms with Crippen molar-refractivity contribution < 1.29 is 29.4 Å². The minimum atomic E-state index is -0.591. The van der Waals surface area contributed by atoms with Gasteiger partial charge in [0, 0.05) is 44.0 Å². The first-order valence-electron chi connectivity index (χ1n) is 18.4. The molecule has 1 aliphatic rings. The zero-order valence-corrected chi connectivity index (χ0v) is 30.4. The number of nitrogens with one attached hydrogen (secondary N) is 2. The van der Waals surface area contributed by atoms with Gasteiger partial charge in [0.15, 0.2) is 6.29 Å². The Morgan fingerprint density at radius 2 is 1.49 bits per heavy atom. The standard InChI is InChI=1S/C44H49N3O6/c1-30(35-22-21-33-10-3-4-11-37(33)24-35)47(2)28-40-26-41(34-19-17-31(29-48)18-20-34)53-44(52-40)39-14-8-13-38(25-39)36-12-7-9-32(23-36)27-45-42(49)15-5-6-16-43(50)46-51/h3-4,7-14,17-25,30,40-41,44,48,51H,5-6,15-16,26-29H2,1-2H3,(H,45,49)(H,46,50)/t30-,40-,41+,44+/m1/s1. The minimum absolute atomic E-state index is 0.00856. The van der Waals surface area contributed by atoms with Gasteiger partial charge in [0.25, 0.3) is 0 Å². The first-order valence-corrected chi connectivity index (χ1v) is 18.4. The van der Waals surface area contributed by atoms with Crippen LogP contribution in [0.5, 0.6) is 0 Å². The van der Waals surface area contributed by atoms with E-state index in [-0.39, 0.29) is 37.2 Å². The highest BCUT2D eigenvalue weighted by Crippen LogP contribution is 2.39. The molecule has 2 amide bonds. The number of rotatable bonds is 15. The van der Waals surface area contributed by atoms with Crippen molar-refractivity contribution in [2.75, 3.05) is 13.6 Å². The van der Waals surface area contributed by atoms with Gasteiger partial charge in [-0.1, -0.05) is 97.1 Å². The first kappa shape index (κ1) is 37.8. The normalized spacial score (nSPS) is 17.8. The Hall–Kier alpha value is -4.90. The molecule has 0 saturated carbocycles. The summed E-state index contributed by atoms with van der Waals surface area (Å²) >= 11 is 0. The molecule has 1 aliphatic heterocycles. The molecule has 0 spiro atoms. The third-order valence-corrected chi connectivity index (χ3v) is 10.1. The molecule has 1 fully saturated rings. The van der Waals surface area contributed by atoms with Gasteiger partial charge in [0.05, 0.1) is 18.8 Å². The predicted molar refractivity (Wildman–Crippen MR) is 206 cm³/mol. The molecule has 5 aromatic carbocycles. The molecule has 1 heterocycles. The Kier molecular flexibility index (Phi) is 13.0. The monoisotopic (exact) mass is 715 g/mol. The van der Waals surface area contributed by atoms with Crippen LogP contribution in [0.2, 0.25) is 0 Å². The number of hydroxylamine groups is 1. The van der Waals surface area contributed by atoms with Crippen molar-refractivity contribution in [3.8, 4) is 11.1 Å². The fourth-order valence-corrected chi connectivity index (χ4v) is 6.88. The van der Waals surface area contributed by atoms with Crippen molar-refractivity contribution in [3.05, 3.63) is 143 Å². The number of carbonyl (C=O) groups is 2. The van der Waals surface area contributed by atoms with Gasteiger partial charge in [-0.15, -0.1) is 0 Å². The Balaban J connectivity index is 1.16. The summed E-state index contributed by atoms with van der Waals surface area (Å²) in [4.78, 5) is 25.9. The molecule has 9 nitrogen and oxygen atoms in total. The average Bonchev–Trinajstić information content (AvgIpc) is 3.21. The van der Waals surface area contributed by atoms with Gasteiger partial charge < -0.3 is 19.9 Å². The maximum absolute atomic E-state index is 12.4. The maximum Gasteiger partial charge on any atom is 0.243 e. The molecule has 0 unspecified atom stereocenters. The summed E-state index contributed by atoms with van der Waals surface area (Å²) in [6.45, 7) is 3.33. The topological polar surface area (TPSA) is 120 Å². The number of hydrogen-bond acceptors (Lipinski definition) is 7. The van der Waals surface area contributed by atoms with Crippen molar-refractivity contribution in [3.63, 3.8) is 0 Å². The number of benzene rings is 5.